The molecule has 1 saturated carbocycles. The second-order valence-corrected chi connectivity index (χ2v) is 5.81. The maximum absolute atomic E-state index is 13.1. The second-order valence-electron chi connectivity index (χ2n) is 5.81. The van der Waals surface area contributed by atoms with Crippen LogP contribution in [-0.4, -0.2) is 29.6 Å². The highest BCUT2D eigenvalue weighted by Crippen LogP contribution is 2.34. The summed E-state index contributed by atoms with van der Waals surface area (Å²) in [6, 6.07) is 7.00. The predicted octanol–water partition coefficient (Wildman–Crippen LogP) is 3.17. The van der Waals surface area contributed by atoms with Crippen LogP contribution in [0.15, 0.2) is 18.2 Å². The molecule has 0 spiro atoms. The average molecular weight is 248 g/mol. The van der Waals surface area contributed by atoms with Gasteiger partial charge in [0, 0.05) is 30.4 Å². The fourth-order valence-corrected chi connectivity index (χ4v) is 3.08. The molecule has 0 radical (unpaired) electrons. The van der Waals surface area contributed by atoms with E-state index >= 15 is 0 Å². The molecule has 1 aliphatic carbocycles. The van der Waals surface area contributed by atoms with Gasteiger partial charge in [-0.2, -0.15) is 0 Å². The predicted molar refractivity (Wildman–Crippen MR) is 72.4 cm³/mol. The average Bonchev–Trinajstić information content (AvgIpc) is 3.08. The molecule has 3 heteroatoms. The van der Waals surface area contributed by atoms with Crippen molar-refractivity contribution in [3.63, 3.8) is 0 Å². The Morgan fingerprint density at radius 1 is 1.33 bits per heavy atom. The van der Waals surface area contributed by atoms with Gasteiger partial charge in [-0.05, 0) is 56.9 Å². The van der Waals surface area contributed by atoms with Gasteiger partial charge in [-0.25, -0.2) is 4.39 Å². The number of halogens is 1. The van der Waals surface area contributed by atoms with Gasteiger partial charge in [0.1, 0.15) is 5.82 Å². The Labute approximate surface area is 108 Å². The molecule has 1 aromatic carbocycles. The first-order chi connectivity index (χ1) is 8.63. The number of hydrogen-bond acceptors (Lipinski definition) is 2. The van der Waals surface area contributed by atoms with E-state index in [0.29, 0.717) is 12.1 Å². The smallest absolute Gasteiger partial charge is 0.123 e. The van der Waals surface area contributed by atoms with Gasteiger partial charge in [0.25, 0.3) is 0 Å². The summed E-state index contributed by atoms with van der Waals surface area (Å²) in [6.07, 6.45) is 3.92. The van der Waals surface area contributed by atoms with Gasteiger partial charge >= 0.3 is 0 Å². The van der Waals surface area contributed by atoms with Gasteiger partial charge in [0.15, 0.2) is 0 Å². The molecule has 1 aromatic rings. The molecule has 1 N–H and O–H groups in total. The summed E-state index contributed by atoms with van der Waals surface area (Å²) >= 11 is 0. The van der Waals surface area contributed by atoms with Crippen LogP contribution in [0.3, 0.4) is 0 Å². The van der Waals surface area contributed by atoms with Gasteiger partial charge in [-0.3, -0.25) is 4.90 Å². The van der Waals surface area contributed by atoms with Crippen molar-refractivity contribution >= 4 is 5.69 Å². The number of nitrogens with zero attached hydrogens (tertiary/aromatic N) is 1. The Morgan fingerprint density at radius 2 is 2.11 bits per heavy atom. The van der Waals surface area contributed by atoms with E-state index in [0.717, 1.165) is 23.8 Å². The summed E-state index contributed by atoms with van der Waals surface area (Å²) < 4.78 is 13.1. The fourth-order valence-electron chi connectivity index (χ4n) is 3.08. The van der Waals surface area contributed by atoms with Crippen LogP contribution in [0.2, 0.25) is 0 Å². The molecule has 98 valence electrons. The van der Waals surface area contributed by atoms with E-state index in [-0.39, 0.29) is 5.82 Å². The van der Waals surface area contributed by atoms with Crippen molar-refractivity contribution in [3.8, 4) is 0 Å². The van der Waals surface area contributed by atoms with Crippen molar-refractivity contribution in [3.05, 3.63) is 29.6 Å². The third-order valence-electron chi connectivity index (χ3n) is 4.19. The molecule has 0 amide bonds. The van der Waals surface area contributed by atoms with E-state index in [2.05, 4.69) is 17.1 Å². The van der Waals surface area contributed by atoms with Crippen LogP contribution in [0.1, 0.15) is 31.7 Å². The molecule has 2 atom stereocenters. The van der Waals surface area contributed by atoms with Crippen LogP contribution in [0, 0.1) is 12.7 Å². The molecule has 1 saturated heterocycles. The van der Waals surface area contributed by atoms with Gasteiger partial charge in [-0.1, -0.05) is 0 Å². The van der Waals surface area contributed by atoms with Gasteiger partial charge < -0.3 is 5.32 Å². The van der Waals surface area contributed by atoms with Gasteiger partial charge in [-0.15, -0.1) is 0 Å². The van der Waals surface area contributed by atoms with E-state index in [1.807, 2.05) is 13.0 Å². The molecule has 1 heterocycles. The minimum Gasteiger partial charge on any atom is -0.381 e. The topological polar surface area (TPSA) is 15.3 Å². The summed E-state index contributed by atoms with van der Waals surface area (Å²) in [5, 5.41) is 3.57. The molecule has 2 unspecified atom stereocenters. The highest BCUT2D eigenvalue weighted by atomic mass is 19.1. The van der Waals surface area contributed by atoms with Crippen molar-refractivity contribution < 1.29 is 4.39 Å². The Bertz CT molecular complexity index is 442. The maximum Gasteiger partial charge on any atom is 0.123 e. The van der Waals surface area contributed by atoms with Crippen LogP contribution in [-0.2, 0) is 0 Å². The number of benzene rings is 1. The van der Waals surface area contributed by atoms with Crippen LogP contribution < -0.4 is 5.32 Å². The second kappa shape index (κ2) is 4.54. The normalized spacial score (nSPS) is 28.6. The monoisotopic (exact) mass is 248 g/mol. The molecule has 2 nitrogen and oxygen atoms in total. The Morgan fingerprint density at radius 3 is 2.78 bits per heavy atom. The highest BCUT2D eigenvalue weighted by molar-refractivity contribution is 5.51. The molecule has 1 aliphatic heterocycles. The molecule has 2 fully saturated rings. The number of aryl methyl sites for hydroxylation is 1. The summed E-state index contributed by atoms with van der Waals surface area (Å²) in [5.74, 6) is -0.155. The van der Waals surface area contributed by atoms with Crippen LogP contribution >= 0.6 is 0 Å². The Hall–Kier alpha value is -1.09. The summed E-state index contributed by atoms with van der Waals surface area (Å²) in [4.78, 5) is 2.62. The van der Waals surface area contributed by atoms with Crippen molar-refractivity contribution in [2.45, 2.75) is 51.2 Å². The fraction of sp³-hybridized carbons (Fsp3) is 0.600. The van der Waals surface area contributed by atoms with E-state index < -0.39 is 0 Å². The van der Waals surface area contributed by atoms with Gasteiger partial charge in [0.05, 0.1) is 0 Å². The summed E-state index contributed by atoms with van der Waals surface area (Å²) in [5.41, 5.74) is 2.07. The first kappa shape index (κ1) is 12.0. The Kier molecular flexibility index (Phi) is 3.02. The number of nitrogens with one attached hydrogen (secondary N) is 1. The zero-order chi connectivity index (χ0) is 12.7. The first-order valence-electron chi connectivity index (χ1n) is 6.92. The third kappa shape index (κ3) is 2.37. The molecule has 0 bridgehead atoms. The van der Waals surface area contributed by atoms with Crippen molar-refractivity contribution in [1.29, 1.82) is 0 Å². The summed E-state index contributed by atoms with van der Waals surface area (Å²) in [7, 11) is 0. The quantitative estimate of drug-likeness (QED) is 0.884. The molecular weight excluding hydrogens is 227 g/mol. The molecule has 3 rings (SSSR count). The number of rotatable bonds is 3. The molecule has 18 heavy (non-hydrogen) atoms. The molecule has 0 aromatic heterocycles. The number of anilines is 1. The largest absolute Gasteiger partial charge is 0.381 e. The molecular formula is C15H21FN2. The van der Waals surface area contributed by atoms with E-state index in [1.165, 1.54) is 25.3 Å². The van der Waals surface area contributed by atoms with E-state index in [9.17, 15) is 4.39 Å². The number of hydrogen-bond donors (Lipinski definition) is 1. The van der Waals surface area contributed by atoms with Crippen molar-refractivity contribution in [2.24, 2.45) is 0 Å². The standard InChI is InChI=1S/C15H21FN2/c1-10-7-12(16)3-6-15(10)17-13-8-11(2)18(9-13)14-4-5-14/h3,6-7,11,13-14,17H,4-5,8-9H2,1-2H3. The maximum atomic E-state index is 13.1. The lowest BCUT2D eigenvalue weighted by atomic mass is 10.1. The third-order valence-corrected chi connectivity index (χ3v) is 4.19. The van der Waals surface area contributed by atoms with Crippen LogP contribution in [0.4, 0.5) is 10.1 Å². The number of likely N-dealkylation sites (tertiary alicyclic amines) is 1. The van der Waals surface area contributed by atoms with Crippen molar-refractivity contribution in [1.82, 2.24) is 4.90 Å². The van der Waals surface area contributed by atoms with E-state index in [4.69, 9.17) is 0 Å². The lowest BCUT2D eigenvalue weighted by Gasteiger charge is -2.20. The highest BCUT2D eigenvalue weighted by Gasteiger charge is 2.38. The lowest BCUT2D eigenvalue weighted by molar-refractivity contribution is 0.257. The van der Waals surface area contributed by atoms with E-state index in [1.54, 1.807) is 6.07 Å². The molecule has 2 aliphatic rings. The first-order valence-corrected chi connectivity index (χ1v) is 6.92. The SMILES string of the molecule is Cc1cc(F)ccc1NC1CC(C)N(C2CC2)C1. The van der Waals surface area contributed by atoms with Crippen LogP contribution in [0.25, 0.3) is 0 Å². The van der Waals surface area contributed by atoms with Crippen molar-refractivity contribution in [2.75, 3.05) is 11.9 Å². The van der Waals surface area contributed by atoms with Crippen LogP contribution in [0.5, 0.6) is 0 Å². The lowest BCUT2D eigenvalue weighted by Crippen LogP contribution is -2.31. The zero-order valence-corrected chi connectivity index (χ0v) is 11.1. The zero-order valence-electron chi connectivity index (χ0n) is 11.1. The minimum atomic E-state index is -0.155. The minimum absolute atomic E-state index is 0.155. The summed E-state index contributed by atoms with van der Waals surface area (Å²) in [6.45, 7) is 5.41. The van der Waals surface area contributed by atoms with Gasteiger partial charge in [0.2, 0.25) is 0 Å². The Balaban J connectivity index is 1.66.